The first-order valence-corrected chi connectivity index (χ1v) is 10.1. The molecule has 0 aliphatic heterocycles. The van der Waals surface area contributed by atoms with E-state index < -0.39 is 0 Å². The van der Waals surface area contributed by atoms with Crippen molar-refractivity contribution < 1.29 is 18.8 Å². The van der Waals surface area contributed by atoms with E-state index in [4.69, 9.17) is 14.0 Å². The highest BCUT2D eigenvalue weighted by molar-refractivity contribution is 7.98. The zero-order valence-corrected chi connectivity index (χ0v) is 17.4. The van der Waals surface area contributed by atoms with E-state index in [9.17, 15) is 4.79 Å². The van der Waals surface area contributed by atoms with Gasteiger partial charge in [-0.15, -0.1) is 0 Å². The predicted octanol–water partition coefficient (Wildman–Crippen LogP) is 3.66. The van der Waals surface area contributed by atoms with Crippen LogP contribution in [0.5, 0.6) is 11.5 Å². The fourth-order valence-electron chi connectivity index (χ4n) is 2.76. The number of rotatable bonds is 9. The molecule has 0 aliphatic rings. The molecule has 1 aromatic carbocycles. The minimum absolute atomic E-state index is 0.155. The van der Waals surface area contributed by atoms with Gasteiger partial charge in [-0.25, -0.2) is 4.98 Å². The van der Waals surface area contributed by atoms with Gasteiger partial charge in [0.15, 0.2) is 11.5 Å². The molecule has 3 rings (SSSR count). The molecular weight excluding hydrogens is 390 g/mol. The van der Waals surface area contributed by atoms with Crippen LogP contribution in [-0.2, 0) is 12.2 Å². The van der Waals surface area contributed by atoms with Crippen LogP contribution >= 0.6 is 11.8 Å². The molecule has 152 valence electrons. The highest BCUT2D eigenvalue weighted by Gasteiger charge is 2.14. The van der Waals surface area contributed by atoms with E-state index in [-0.39, 0.29) is 5.91 Å². The Bertz CT molecular complexity index is 974. The van der Waals surface area contributed by atoms with Crippen LogP contribution in [0.3, 0.4) is 0 Å². The predicted molar refractivity (Wildman–Crippen MR) is 111 cm³/mol. The lowest BCUT2D eigenvalue weighted by molar-refractivity contribution is 0.0950. The number of carbonyl (C=O) groups is 1. The number of amides is 1. The van der Waals surface area contributed by atoms with Crippen molar-refractivity contribution >= 4 is 17.7 Å². The van der Waals surface area contributed by atoms with Crippen LogP contribution < -0.4 is 14.8 Å². The van der Waals surface area contributed by atoms with E-state index in [0.29, 0.717) is 40.8 Å². The maximum atomic E-state index is 12.7. The lowest BCUT2D eigenvalue weighted by Gasteiger charge is -2.11. The minimum Gasteiger partial charge on any atom is -0.493 e. The third kappa shape index (κ3) is 5.51. The normalized spacial score (nSPS) is 10.6. The molecule has 2 heterocycles. The van der Waals surface area contributed by atoms with Gasteiger partial charge in [0, 0.05) is 24.6 Å². The van der Waals surface area contributed by atoms with Crippen molar-refractivity contribution in [3.63, 3.8) is 0 Å². The number of nitrogens with one attached hydrogen (secondary N) is 1. The Morgan fingerprint density at radius 1 is 1.17 bits per heavy atom. The molecule has 1 amide bonds. The molecule has 0 unspecified atom stereocenters. The standard InChI is InChI=1S/C21H23N3O4S/c1-14-11-16(24-28-14)13-29-21-17(5-4-9-23-21)20(25)22-10-8-15-6-7-18(26-2)19(12-15)27-3/h4-7,9,11-12H,8,10,13H2,1-3H3,(H,22,25). The molecule has 7 nitrogen and oxygen atoms in total. The Kier molecular flexibility index (Phi) is 7.13. The van der Waals surface area contributed by atoms with Crippen molar-refractivity contribution in [2.45, 2.75) is 24.1 Å². The van der Waals surface area contributed by atoms with Crippen molar-refractivity contribution in [1.29, 1.82) is 0 Å². The largest absolute Gasteiger partial charge is 0.493 e. The summed E-state index contributed by atoms with van der Waals surface area (Å²) in [5, 5.41) is 7.59. The summed E-state index contributed by atoms with van der Waals surface area (Å²) in [4.78, 5) is 17.0. The molecule has 0 aliphatic carbocycles. The molecular formula is C21H23N3O4S. The average molecular weight is 413 g/mol. The molecule has 0 spiro atoms. The van der Waals surface area contributed by atoms with Crippen LogP contribution in [0.25, 0.3) is 0 Å². The Morgan fingerprint density at radius 3 is 2.72 bits per heavy atom. The summed E-state index contributed by atoms with van der Waals surface area (Å²) in [7, 11) is 3.20. The van der Waals surface area contributed by atoms with Crippen LogP contribution in [-0.4, -0.2) is 36.8 Å². The van der Waals surface area contributed by atoms with Crippen molar-refractivity contribution in [3.8, 4) is 11.5 Å². The number of aromatic nitrogens is 2. The van der Waals surface area contributed by atoms with Gasteiger partial charge in [-0.1, -0.05) is 23.0 Å². The maximum absolute atomic E-state index is 12.7. The van der Waals surface area contributed by atoms with Gasteiger partial charge in [0.25, 0.3) is 5.91 Å². The smallest absolute Gasteiger partial charge is 0.254 e. The Labute approximate surface area is 173 Å². The molecule has 0 atom stereocenters. The average Bonchev–Trinajstić information content (AvgIpc) is 3.17. The molecule has 0 saturated carbocycles. The van der Waals surface area contributed by atoms with Gasteiger partial charge in [-0.3, -0.25) is 4.79 Å². The van der Waals surface area contributed by atoms with E-state index in [1.54, 1.807) is 32.5 Å². The van der Waals surface area contributed by atoms with E-state index in [2.05, 4.69) is 15.5 Å². The zero-order chi connectivity index (χ0) is 20.6. The van der Waals surface area contributed by atoms with Crippen molar-refractivity contribution in [2.75, 3.05) is 20.8 Å². The lowest BCUT2D eigenvalue weighted by Crippen LogP contribution is -2.26. The lowest BCUT2D eigenvalue weighted by atomic mass is 10.1. The highest BCUT2D eigenvalue weighted by Crippen LogP contribution is 2.27. The quantitative estimate of drug-likeness (QED) is 0.536. The number of aryl methyl sites for hydroxylation is 1. The first-order valence-electron chi connectivity index (χ1n) is 9.10. The number of carbonyl (C=O) groups excluding carboxylic acids is 1. The van der Waals surface area contributed by atoms with Crippen LogP contribution in [0.1, 0.15) is 27.4 Å². The van der Waals surface area contributed by atoms with E-state index in [1.165, 1.54) is 11.8 Å². The summed E-state index contributed by atoms with van der Waals surface area (Å²) in [6.45, 7) is 2.34. The van der Waals surface area contributed by atoms with Gasteiger partial charge in [-0.2, -0.15) is 0 Å². The summed E-state index contributed by atoms with van der Waals surface area (Å²) in [5.74, 6) is 2.54. The molecule has 0 bridgehead atoms. The molecule has 3 aromatic rings. The molecule has 29 heavy (non-hydrogen) atoms. The minimum atomic E-state index is -0.155. The molecule has 8 heteroatoms. The number of methoxy groups -OCH3 is 2. The molecule has 0 fully saturated rings. The van der Waals surface area contributed by atoms with Crippen LogP contribution in [0.2, 0.25) is 0 Å². The van der Waals surface area contributed by atoms with Gasteiger partial charge in [-0.05, 0) is 43.2 Å². The van der Waals surface area contributed by atoms with Crippen LogP contribution in [0, 0.1) is 6.92 Å². The number of nitrogens with zero attached hydrogens (tertiary/aromatic N) is 2. The maximum Gasteiger partial charge on any atom is 0.254 e. The van der Waals surface area contributed by atoms with Crippen LogP contribution in [0.4, 0.5) is 0 Å². The van der Waals surface area contributed by atoms with Gasteiger partial charge in [0.05, 0.1) is 25.5 Å². The van der Waals surface area contributed by atoms with Gasteiger partial charge < -0.3 is 19.3 Å². The van der Waals surface area contributed by atoms with Gasteiger partial charge in [0.1, 0.15) is 10.8 Å². The fraction of sp³-hybridized carbons (Fsp3) is 0.286. The van der Waals surface area contributed by atoms with Gasteiger partial charge in [0.2, 0.25) is 0 Å². The SMILES string of the molecule is COc1ccc(CCNC(=O)c2cccnc2SCc2cc(C)on2)cc1OC. The molecule has 2 aromatic heterocycles. The summed E-state index contributed by atoms with van der Waals surface area (Å²) in [5.41, 5.74) is 2.41. The number of thioether (sulfide) groups is 1. The summed E-state index contributed by atoms with van der Waals surface area (Å²) in [6.07, 6.45) is 2.35. The highest BCUT2D eigenvalue weighted by atomic mass is 32.2. The van der Waals surface area contributed by atoms with E-state index >= 15 is 0 Å². The number of hydrogen-bond acceptors (Lipinski definition) is 7. The van der Waals surface area contributed by atoms with Crippen molar-refractivity contribution in [3.05, 3.63) is 65.2 Å². The number of hydrogen-bond donors (Lipinski definition) is 1. The Balaban J connectivity index is 1.58. The third-order valence-corrected chi connectivity index (χ3v) is 5.24. The summed E-state index contributed by atoms with van der Waals surface area (Å²) in [6, 6.07) is 11.1. The van der Waals surface area contributed by atoms with Crippen molar-refractivity contribution in [2.24, 2.45) is 0 Å². The Morgan fingerprint density at radius 2 is 2.00 bits per heavy atom. The molecule has 0 radical (unpaired) electrons. The number of benzene rings is 1. The second-order valence-corrected chi connectivity index (χ2v) is 7.23. The second-order valence-electron chi connectivity index (χ2n) is 6.27. The monoisotopic (exact) mass is 413 g/mol. The fourth-order valence-corrected chi connectivity index (χ4v) is 3.63. The van der Waals surface area contributed by atoms with Crippen molar-refractivity contribution in [1.82, 2.24) is 15.5 Å². The van der Waals surface area contributed by atoms with Crippen LogP contribution in [0.15, 0.2) is 52.1 Å². The topological polar surface area (TPSA) is 86.5 Å². The third-order valence-electron chi connectivity index (χ3n) is 4.20. The molecule has 1 N–H and O–H groups in total. The number of pyridine rings is 1. The first kappa shape index (κ1) is 20.7. The van der Waals surface area contributed by atoms with E-state index in [1.807, 2.05) is 31.2 Å². The number of ether oxygens (including phenoxy) is 2. The Hall–Kier alpha value is -3.00. The zero-order valence-electron chi connectivity index (χ0n) is 16.6. The van der Waals surface area contributed by atoms with Gasteiger partial charge >= 0.3 is 0 Å². The van der Waals surface area contributed by atoms with E-state index in [0.717, 1.165) is 17.0 Å². The second kappa shape index (κ2) is 9.97. The summed E-state index contributed by atoms with van der Waals surface area (Å²) < 4.78 is 15.6. The summed E-state index contributed by atoms with van der Waals surface area (Å²) >= 11 is 1.46. The first-order chi connectivity index (χ1) is 14.1. The molecule has 0 saturated heterocycles.